The summed E-state index contributed by atoms with van der Waals surface area (Å²) in [5.41, 5.74) is 3.08. The van der Waals surface area contributed by atoms with Crippen LogP contribution in [-0.4, -0.2) is 11.1 Å². The van der Waals surface area contributed by atoms with Crippen molar-refractivity contribution < 1.29 is 19.4 Å². The van der Waals surface area contributed by atoms with E-state index in [0.29, 0.717) is 17.2 Å². The summed E-state index contributed by atoms with van der Waals surface area (Å²) in [7, 11) is 0. The quantitative estimate of drug-likeness (QED) is 0.334. The fourth-order valence-corrected chi connectivity index (χ4v) is 3.42. The Morgan fingerprint density at radius 3 is 2.24 bits per heavy atom. The molecule has 4 aromatic carbocycles. The van der Waals surface area contributed by atoms with E-state index in [1.165, 1.54) is 6.92 Å². The molecule has 0 amide bonds. The molecule has 0 radical (unpaired) electrons. The van der Waals surface area contributed by atoms with Crippen molar-refractivity contribution in [2.24, 2.45) is 0 Å². The van der Waals surface area contributed by atoms with Gasteiger partial charge in [0.15, 0.2) is 0 Å². The van der Waals surface area contributed by atoms with Crippen LogP contribution in [0.15, 0.2) is 78.9 Å². The van der Waals surface area contributed by atoms with E-state index in [1.54, 1.807) is 36.4 Å². The summed E-state index contributed by atoms with van der Waals surface area (Å²) in [5.74, 6) is 1.65. The molecule has 0 atom stereocenters. The first kappa shape index (κ1) is 18.6. The number of benzene rings is 4. The number of fused-ring (bicyclic) bond motifs is 1. The van der Waals surface area contributed by atoms with Crippen molar-refractivity contribution in [2.75, 3.05) is 0 Å². The Morgan fingerprint density at radius 1 is 0.862 bits per heavy atom. The average Bonchev–Trinajstić information content (AvgIpc) is 2.69. The van der Waals surface area contributed by atoms with Crippen LogP contribution < -0.4 is 9.47 Å². The molecule has 4 rings (SSSR count). The van der Waals surface area contributed by atoms with E-state index in [0.717, 1.165) is 27.5 Å². The number of rotatable bonds is 4. The Labute approximate surface area is 169 Å². The molecular formula is C25H20O4. The van der Waals surface area contributed by atoms with Gasteiger partial charge in [-0.2, -0.15) is 0 Å². The monoisotopic (exact) mass is 384 g/mol. The topological polar surface area (TPSA) is 55.8 Å². The molecule has 29 heavy (non-hydrogen) atoms. The van der Waals surface area contributed by atoms with Crippen molar-refractivity contribution in [1.29, 1.82) is 0 Å². The maximum absolute atomic E-state index is 11.1. The first-order valence-corrected chi connectivity index (χ1v) is 9.29. The second kappa shape index (κ2) is 7.68. The average molecular weight is 384 g/mol. The zero-order chi connectivity index (χ0) is 20.4. The minimum atomic E-state index is -0.366. The van der Waals surface area contributed by atoms with Gasteiger partial charge in [-0.05, 0) is 65.9 Å². The summed E-state index contributed by atoms with van der Waals surface area (Å²) in [6, 6.07) is 24.3. The molecule has 0 saturated heterocycles. The summed E-state index contributed by atoms with van der Waals surface area (Å²) in [6.07, 6.45) is 0. The Bertz CT molecular complexity index is 1180. The third-order valence-corrected chi connectivity index (χ3v) is 4.64. The lowest BCUT2D eigenvalue weighted by atomic mass is 9.94. The lowest BCUT2D eigenvalue weighted by Crippen LogP contribution is -2.01. The molecular weight excluding hydrogens is 364 g/mol. The highest BCUT2D eigenvalue weighted by atomic mass is 16.5. The van der Waals surface area contributed by atoms with Gasteiger partial charge in [0.2, 0.25) is 0 Å². The van der Waals surface area contributed by atoms with Crippen molar-refractivity contribution in [3.8, 4) is 34.1 Å². The molecule has 0 aliphatic rings. The fraction of sp³-hybridized carbons (Fsp3) is 0.0800. The smallest absolute Gasteiger partial charge is 0.308 e. The first-order valence-electron chi connectivity index (χ1n) is 9.29. The standard InChI is InChI=1S/C25H20O4/c1-16-14-19-15-20(27)8-13-23(19)25(24(16)18-6-4-3-5-7-18)29-22-11-9-21(10-12-22)28-17(2)26/h3-15,27H,1-2H3. The Kier molecular flexibility index (Phi) is 4.92. The van der Waals surface area contributed by atoms with Crippen LogP contribution in [0.5, 0.6) is 23.0 Å². The van der Waals surface area contributed by atoms with Crippen LogP contribution in [0.2, 0.25) is 0 Å². The molecule has 4 nitrogen and oxygen atoms in total. The molecule has 0 unspecified atom stereocenters. The summed E-state index contributed by atoms with van der Waals surface area (Å²) < 4.78 is 11.4. The van der Waals surface area contributed by atoms with Gasteiger partial charge < -0.3 is 14.6 Å². The first-order chi connectivity index (χ1) is 14.0. The molecule has 144 valence electrons. The number of esters is 1. The third kappa shape index (κ3) is 3.92. The maximum Gasteiger partial charge on any atom is 0.308 e. The van der Waals surface area contributed by atoms with Gasteiger partial charge in [0, 0.05) is 17.9 Å². The highest BCUT2D eigenvalue weighted by molar-refractivity contribution is 5.97. The van der Waals surface area contributed by atoms with E-state index >= 15 is 0 Å². The van der Waals surface area contributed by atoms with E-state index in [-0.39, 0.29) is 11.7 Å². The highest BCUT2D eigenvalue weighted by Gasteiger charge is 2.16. The van der Waals surface area contributed by atoms with Gasteiger partial charge in [-0.1, -0.05) is 36.4 Å². The highest BCUT2D eigenvalue weighted by Crippen LogP contribution is 2.42. The van der Waals surface area contributed by atoms with Crippen LogP contribution in [0.3, 0.4) is 0 Å². The molecule has 4 aromatic rings. The molecule has 1 N–H and O–H groups in total. The van der Waals surface area contributed by atoms with Gasteiger partial charge in [0.1, 0.15) is 23.0 Å². The van der Waals surface area contributed by atoms with E-state index in [1.807, 2.05) is 49.4 Å². The van der Waals surface area contributed by atoms with Crippen LogP contribution in [0.4, 0.5) is 0 Å². The van der Waals surface area contributed by atoms with Crippen LogP contribution in [0, 0.1) is 6.92 Å². The molecule has 0 bridgehead atoms. The molecule has 0 heterocycles. The zero-order valence-electron chi connectivity index (χ0n) is 16.2. The van der Waals surface area contributed by atoms with Crippen LogP contribution in [-0.2, 0) is 4.79 Å². The van der Waals surface area contributed by atoms with Gasteiger partial charge in [-0.3, -0.25) is 4.79 Å². The number of hydrogen-bond acceptors (Lipinski definition) is 4. The number of ether oxygens (including phenoxy) is 2. The summed E-state index contributed by atoms with van der Waals surface area (Å²) >= 11 is 0. The van der Waals surface area contributed by atoms with Crippen molar-refractivity contribution in [3.05, 3.63) is 84.4 Å². The number of hydrogen-bond donors (Lipinski definition) is 1. The van der Waals surface area contributed by atoms with Crippen molar-refractivity contribution >= 4 is 16.7 Å². The number of aryl methyl sites for hydroxylation is 1. The van der Waals surface area contributed by atoms with E-state index in [2.05, 4.69) is 0 Å². The van der Waals surface area contributed by atoms with E-state index in [9.17, 15) is 9.90 Å². The van der Waals surface area contributed by atoms with Gasteiger partial charge in [0.05, 0.1) is 0 Å². The number of phenols is 1. The Hall–Kier alpha value is -3.79. The number of carbonyl (C=O) groups is 1. The second-order valence-corrected chi connectivity index (χ2v) is 6.84. The maximum atomic E-state index is 11.1. The zero-order valence-corrected chi connectivity index (χ0v) is 16.2. The van der Waals surface area contributed by atoms with E-state index in [4.69, 9.17) is 9.47 Å². The van der Waals surface area contributed by atoms with Crippen LogP contribution >= 0.6 is 0 Å². The lowest BCUT2D eigenvalue weighted by molar-refractivity contribution is -0.131. The number of aromatic hydroxyl groups is 1. The van der Waals surface area contributed by atoms with Gasteiger partial charge in [0.25, 0.3) is 0 Å². The largest absolute Gasteiger partial charge is 0.508 e. The molecule has 4 heteroatoms. The molecule has 0 aliphatic heterocycles. The molecule has 0 saturated carbocycles. The lowest BCUT2D eigenvalue weighted by Gasteiger charge is -2.17. The summed E-state index contributed by atoms with van der Waals surface area (Å²) in [6.45, 7) is 3.40. The Morgan fingerprint density at radius 2 is 1.55 bits per heavy atom. The minimum absolute atomic E-state index is 0.209. The van der Waals surface area contributed by atoms with Gasteiger partial charge >= 0.3 is 5.97 Å². The molecule has 0 aromatic heterocycles. The van der Waals surface area contributed by atoms with Crippen LogP contribution in [0.25, 0.3) is 21.9 Å². The molecule has 0 aliphatic carbocycles. The minimum Gasteiger partial charge on any atom is -0.508 e. The third-order valence-electron chi connectivity index (χ3n) is 4.64. The molecule has 0 fully saturated rings. The van der Waals surface area contributed by atoms with Crippen molar-refractivity contribution in [3.63, 3.8) is 0 Å². The normalized spacial score (nSPS) is 10.7. The summed E-state index contributed by atoms with van der Waals surface area (Å²) in [4.78, 5) is 11.1. The predicted octanol–water partition coefficient (Wildman–Crippen LogP) is 6.24. The predicted molar refractivity (Wildman–Crippen MR) is 114 cm³/mol. The van der Waals surface area contributed by atoms with Crippen molar-refractivity contribution in [2.45, 2.75) is 13.8 Å². The van der Waals surface area contributed by atoms with E-state index < -0.39 is 0 Å². The van der Waals surface area contributed by atoms with Crippen LogP contribution in [0.1, 0.15) is 12.5 Å². The molecule has 0 spiro atoms. The number of carbonyl (C=O) groups excluding carboxylic acids is 1. The van der Waals surface area contributed by atoms with Gasteiger partial charge in [-0.25, -0.2) is 0 Å². The summed E-state index contributed by atoms with van der Waals surface area (Å²) in [5, 5.41) is 11.7. The fourth-order valence-electron chi connectivity index (χ4n) is 3.42. The SMILES string of the molecule is CC(=O)Oc1ccc(Oc2c(-c3ccccc3)c(C)cc3cc(O)ccc23)cc1. The number of phenolic OH excluding ortho intramolecular Hbond substituents is 1. The second-order valence-electron chi connectivity index (χ2n) is 6.84. The van der Waals surface area contributed by atoms with Gasteiger partial charge in [-0.15, -0.1) is 0 Å². The van der Waals surface area contributed by atoms with Crippen molar-refractivity contribution in [1.82, 2.24) is 0 Å². The Balaban J connectivity index is 1.85.